The largest absolute Gasteiger partial charge is 0.482 e. The number of nitrogens with one attached hydrogen (secondary N) is 2. The number of hydrogen-bond acceptors (Lipinski definition) is 6. The molecule has 3 aromatic carbocycles. The van der Waals surface area contributed by atoms with E-state index < -0.39 is 10.8 Å². The molecule has 0 saturated carbocycles. The van der Waals surface area contributed by atoms with Gasteiger partial charge in [-0.2, -0.15) is 5.10 Å². The van der Waals surface area contributed by atoms with Gasteiger partial charge in [-0.25, -0.2) is 5.43 Å². The minimum atomic E-state index is -0.548. The molecule has 2 N–H and O–H groups in total. The Morgan fingerprint density at radius 1 is 1.12 bits per heavy atom. The van der Waals surface area contributed by atoms with Crippen molar-refractivity contribution in [2.75, 3.05) is 11.9 Å². The molecule has 10 heteroatoms. The Hall–Kier alpha value is -4.24. The Labute approximate surface area is 194 Å². The maximum atomic E-state index is 12.1. The van der Waals surface area contributed by atoms with E-state index in [1.807, 2.05) is 25.1 Å². The molecule has 0 aliphatic heterocycles. The molecule has 0 bridgehead atoms. The van der Waals surface area contributed by atoms with Crippen LogP contribution in [0.15, 0.2) is 71.8 Å². The fourth-order valence-electron chi connectivity index (χ4n) is 2.72. The zero-order valence-corrected chi connectivity index (χ0v) is 18.2. The van der Waals surface area contributed by atoms with Crippen molar-refractivity contribution in [1.82, 2.24) is 5.43 Å². The van der Waals surface area contributed by atoms with Crippen LogP contribution in [0.1, 0.15) is 21.5 Å². The maximum absolute atomic E-state index is 12.1. The summed E-state index contributed by atoms with van der Waals surface area (Å²) in [5, 5.41) is 17.6. The third-order valence-corrected chi connectivity index (χ3v) is 4.75. The van der Waals surface area contributed by atoms with Crippen LogP contribution >= 0.6 is 11.6 Å². The highest BCUT2D eigenvalue weighted by Crippen LogP contribution is 2.25. The van der Waals surface area contributed by atoms with Gasteiger partial charge in [-0.1, -0.05) is 29.8 Å². The number of anilines is 1. The van der Waals surface area contributed by atoms with Crippen LogP contribution in [-0.4, -0.2) is 29.6 Å². The molecule has 0 atom stereocenters. The van der Waals surface area contributed by atoms with Crippen LogP contribution in [0.25, 0.3) is 0 Å². The molecule has 0 fully saturated rings. The summed E-state index contributed by atoms with van der Waals surface area (Å²) in [5.41, 5.74) is 4.68. The number of ether oxygens (including phenoxy) is 1. The number of nitrogens with zero attached hydrogens (tertiary/aromatic N) is 2. The molecule has 0 aliphatic rings. The van der Waals surface area contributed by atoms with Crippen molar-refractivity contribution in [2.45, 2.75) is 6.92 Å². The van der Waals surface area contributed by atoms with Crippen LogP contribution in [0.5, 0.6) is 5.75 Å². The topological polar surface area (TPSA) is 123 Å². The van der Waals surface area contributed by atoms with Crippen LogP contribution in [0.2, 0.25) is 5.02 Å². The van der Waals surface area contributed by atoms with E-state index in [0.717, 1.165) is 5.56 Å². The van der Waals surface area contributed by atoms with Gasteiger partial charge in [0, 0.05) is 23.4 Å². The lowest BCUT2D eigenvalue weighted by molar-refractivity contribution is -0.384. The van der Waals surface area contributed by atoms with E-state index in [4.69, 9.17) is 16.3 Å². The van der Waals surface area contributed by atoms with Crippen LogP contribution in [0.3, 0.4) is 0 Å². The number of nitro benzene ring substituents is 1. The molecule has 168 valence electrons. The molecule has 9 nitrogen and oxygen atoms in total. The first kappa shape index (κ1) is 23.4. The lowest BCUT2D eigenvalue weighted by atomic mass is 10.2. The summed E-state index contributed by atoms with van der Waals surface area (Å²) < 4.78 is 5.49. The van der Waals surface area contributed by atoms with Gasteiger partial charge in [0.05, 0.1) is 16.2 Å². The predicted molar refractivity (Wildman–Crippen MR) is 125 cm³/mol. The first-order chi connectivity index (χ1) is 15.8. The third-order valence-electron chi connectivity index (χ3n) is 4.45. The van der Waals surface area contributed by atoms with Crippen LogP contribution < -0.4 is 15.5 Å². The molecule has 33 heavy (non-hydrogen) atoms. The first-order valence-corrected chi connectivity index (χ1v) is 10.1. The zero-order chi connectivity index (χ0) is 23.8. The molecule has 0 spiro atoms. The molecule has 3 rings (SSSR count). The van der Waals surface area contributed by atoms with Gasteiger partial charge in [0.25, 0.3) is 17.5 Å². The van der Waals surface area contributed by atoms with Crippen molar-refractivity contribution >= 4 is 41.0 Å². The lowest BCUT2D eigenvalue weighted by Gasteiger charge is -2.10. The van der Waals surface area contributed by atoms with Crippen molar-refractivity contribution in [3.8, 4) is 5.75 Å². The highest BCUT2D eigenvalue weighted by molar-refractivity contribution is 6.32. The predicted octanol–water partition coefficient (Wildman–Crippen LogP) is 4.34. The van der Waals surface area contributed by atoms with Crippen LogP contribution in [0, 0.1) is 17.0 Å². The number of benzene rings is 3. The normalized spacial score (nSPS) is 10.6. The van der Waals surface area contributed by atoms with E-state index in [2.05, 4.69) is 15.8 Å². The minimum absolute atomic E-state index is 0.111. The van der Waals surface area contributed by atoms with E-state index >= 15 is 0 Å². The van der Waals surface area contributed by atoms with Crippen molar-refractivity contribution in [3.05, 3.63) is 98.6 Å². The van der Waals surface area contributed by atoms with E-state index in [0.29, 0.717) is 17.0 Å². The van der Waals surface area contributed by atoms with Crippen molar-refractivity contribution in [2.24, 2.45) is 5.10 Å². The minimum Gasteiger partial charge on any atom is -0.482 e. The molecule has 0 aliphatic carbocycles. The SMILES string of the molecule is Cc1ccccc1NC(=O)COc1ccc(/C=N/NC(=O)c2ccc([N+](=O)[O-])cc2)cc1Cl. The number of halogens is 1. The van der Waals surface area contributed by atoms with Crippen molar-refractivity contribution < 1.29 is 19.2 Å². The van der Waals surface area contributed by atoms with Crippen molar-refractivity contribution in [3.63, 3.8) is 0 Å². The standard InChI is InChI=1S/C23H19ClN4O5/c1-15-4-2-3-5-20(15)26-22(29)14-33-21-11-6-16(12-19(21)24)13-25-27-23(30)17-7-9-18(10-8-17)28(31)32/h2-13H,14H2,1H3,(H,26,29)(H,27,30)/b25-13+. The Bertz CT molecular complexity index is 1210. The fourth-order valence-corrected chi connectivity index (χ4v) is 2.97. The van der Waals surface area contributed by atoms with E-state index in [1.54, 1.807) is 24.3 Å². The summed E-state index contributed by atoms with van der Waals surface area (Å²) in [4.78, 5) is 34.3. The summed E-state index contributed by atoms with van der Waals surface area (Å²) in [7, 11) is 0. The quantitative estimate of drug-likeness (QED) is 0.290. The average molecular weight is 467 g/mol. The second kappa shape index (κ2) is 10.9. The fraction of sp³-hybridized carbons (Fsp3) is 0.0870. The number of carbonyl (C=O) groups is 2. The van der Waals surface area contributed by atoms with Crippen LogP contribution in [-0.2, 0) is 4.79 Å². The molecular formula is C23H19ClN4O5. The summed E-state index contributed by atoms with van der Waals surface area (Å²) in [6.45, 7) is 1.68. The molecule has 0 aromatic heterocycles. The summed E-state index contributed by atoms with van der Waals surface area (Å²) in [6, 6.07) is 17.3. The number of aryl methyl sites for hydroxylation is 1. The molecule has 2 amide bonds. The molecule has 0 unspecified atom stereocenters. The van der Waals surface area contributed by atoms with Gasteiger partial charge in [-0.3, -0.25) is 19.7 Å². The Morgan fingerprint density at radius 2 is 1.85 bits per heavy atom. The number of carbonyl (C=O) groups excluding carboxylic acids is 2. The molecule has 3 aromatic rings. The number of para-hydroxylation sites is 1. The average Bonchev–Trinajstić information content (AvgIpc) is 2.80. The number of non-ortho nitro benzene ring substituents is 1. The Kier molecular flexibility index (Phi) is 7.72. The second-order valence-electron chi connectivity index (χ2n) is 6.84. The second-order valence-corrected chi connectivity index (χ2v) is 7.25. The van der Waals surface area contributed by atoms with Gasteiger partial charge in [-0.15, -0.1) is 0 Å². The molecule has 0 radical (unpaired) electrons. The number of rotatable bonds is 8. The van der Waals surface area contributed by atoms with Crippen molar-refractivity contribution in [1.29, 1.82) is 0 Å². The zero-order valence-electron chi connectivity index (χ0n) is 17.4. The monoisotopic (exact) mass is 466 g/mol. The van der Waals surface area contributed by atoms with E-state index in [1.165, 1.54) is 30.5 Å². The number of nitro groups is 1. The Morgan fingerprint density at radius 3 is 2.52 bits per heavy atom. The van der Waals surface area contributed by atoms with Gasteiger partial charge in [0.1, 0.15) is 5.75 Å². The van der Waals surface area contributed by atoms with Gasteiger partial charge in [-0.05, 0) is 54.4 Å². The molecule has 0 heterocycles. The summed E-state index contributed by atoms with van der Waals surface area (Å²) in [5.74, 6) is -0.518. The van der Waals surface area contributed by atoms with E-state index in [9.17, 15) is 19.7 Å². The highest BCUT2D eigenvalue weighted by Gasteiger charge is 2.10. The van der Waals surface area contributed by atoms with Gasteiger partial charge in [0.15, 0.2) is 6.61 Å². The molecular weight excluding hydrogens is 448 g/mol. The van der Waals surface area contributed by atoms with Gasteiger partial charge in [0.2, 0.25) is 0 Å². The number of hydrazone groups is 1. The third kappa shape index (κ3) is 6.62. The molecule has 0 saturated heterocycles. The smallest absolute Gasteiger partial charge is 0.271 e. The summed E-state index contributed by atoms with van der Waals surface area (Å²) >= 11 is 6.22. The van der Waals surface area contributed by atoms with E-state index in [-0.39, 0.29) is 28.8 Å². The number of amides is 2. The van der Waals surface area contributed by atoms with Gasteiger partial charge < -0.3 is 10.1 Å². The maximum Gasteiger partial charge on any atom is 0.271 e. The van der Waals surface area contributed by atoms with Gasteiger partial charge >= 0.3 is 0 Å². The Balaban J connectivity index is 1.52. The first-order valence-electron chi connectivity index (χ1n) is 9.69. The number of hydrogen-bond donors (Lipinski definition) is 2. The highest BCUT2D eigenvalue weighted by atomic mass is 35.5. The summed E-state index contributed by atoms with van der Waals surface area (Å²) in [6.07, 6.45) is 1.38. The van der Waals surface area contributed by atoms with Crippen LogP contribution in [0.4, 0.5) is 11.4 Å². The lowest BCUT2D eigenvalue weighted by Crippen LogP contribution is -2.20.